The van der Waals surface area contributed by atoms with Crippen molar-refractivity contribution in [3.8, 4) is 5.75 Å². The molecule has 1 spiro atoms. The lowest BCUT2D eigenvalue weighted by molar-refractivity contribution is -0.177. The maximum atomic E-state index is 12.4. The van der Waals surface area contributed by atoms with Gasteiger partial charge in [0, 0.05) is 23.6 Å². The van der Waals surface area contributed by atoms with Crippen molar-refractivity contribution < 1.29 is 44.6 Å². The Morgan fingerprint density at radius 2 is 2.06 bits per heavy atom. The molecule has 2 unspecified atom stereocenters. The van der Waals surface area contributed by atoms with Gasteiger partial charge in [0.25, 0.3) is 0 Å². The van der Waals surface area contributed by atoms with Crippen LogP contribution in [0.4, 0.5) is 0 Å². The van der Waals surface area contributed by atoms with Crippen molar-refractivity contribution >= 4 is 11.9 Å². The number of rotatable bonds is 5. The molecule has 5 rings (SSSR count). The highest BCUT2D eigenvalue weighted by Crippen LogP contribution is 2.64. The largest absolute Gasteiger partial charge is 0.481 e. The molecule has 0 amide bonds. The molecular weight excluding hydrogens is 422 g/mol. The quantitative estimate of drug-likeness (QED) is 0.348. The molecule has 4 aliphatic rings. The molecular formula is C22H25NO9. The first kappa shape index (κ1) is 21.4. The van der Waals surface area contributed by atoms with Crippen LogP contribution in [-0.2, 0) is 32.8 Å². The molecule has 10 heteroatoms. The highest BCUT2D eigenvalue weighted by atomic mass is 16.6. The molecule has 1 aromatic carbocycles. The molecule has 5 N–H and O–H groups in total. The second kappa shape index (κ2) is 7.00. The van der Waals surface area contributed by atoms with E-state index in [1.807, 2.05) is 13.1 Å². The van der Waals surface area contributed by atoms with E-state index in [0.29, 0.717) is 30.7 Å². The summed E-state index contributed by atoms with van der Waals surface area (Å²) in [6.45, 7) is 0.395. The number of nitrogens with zero attached hydrogens (tertiary/aromatic N) is 1. The number of ether oxygens (including phenoxy) is 2. The Bertz CT molecular complexity index is 1040. The molecule has 172 valence electrons. The minimum Gasteiger partial charge on any atom is -0.481 e. The Morgan fingerprint density at radius 1 is 1.31 bits per heavy atom. The van der Waals surface area contributed by atoms with Crippen LogP contribution < -0.4 is 4.74 Å². The fourth-order valence-electron chi connectivity index (χ4n) is 6.07. The predicted molar refractivity (Wildman–Crippen MR) is 107 cm³/mol. The third-order valence-electron chi connectivity index (χ3n) is 7.64. The second-order valence-corrected chi connectivity index (χ2v) is 9.05. The molecule has 1 fully saturated rings. The average molecular weight is 447 g/mol. The van der Waals surface area contributed by atoms with E-state index in [0.717, 1.165) is 11.1 Å². The molecule has 32 heavy (non-hydrogen) atoms. The van der Waals surface area contributed by atoms with E-state index in [1.165, 1.54) is 6.08 Å². The maximum absolute atomic E-state index is 12.4. The number of aliphatic carboxylic acids is 1. The number of benzene rings is 1. The lowest BCUT2D eigenvalue weighted by Crippen LogP contribution is -2.74. The number of likely N-dealkylation sites (N-methyl/N-ethyl adjacent to an activating group) is 1. The highest BCUT2D eigenvalue weighted by molar-refractivity contribution is 5.84. The summed E-state index contributed by atoms with van der Waals surface area (Å²) in [7, 11) is 1.96. The van der Waals surface area contributed by atoms with E-state index in [2.05, 4.69) is 4.90 Å². The van der Waals surface area contributed by atoms with Gasteiger partial charge in [0.15, 0.2) is 18.3 Å². The summed E-state index contributed by atoms with van der Waals surface area (Å²) in [5.41, 5.74) is 0.216. The van der Waals surface area contributed by atoms with Gasteiger partial charge in [-0.25, -0.2) is 9.59 Å². The van der Waals surface area contributed by atoms with Crippen LogP contribution >= 0.6 is 0 Å². The van der Waals surface area contributed by atoms with Crippen molar-refractivity contribution in [3.63, 3.8) is 0 Å². The van der Waals surface area contributed by atoms with Gasteiger partial charge in [0.1, 0.15) is 11.5 Å². The van der Waals surface area contributed by atoms with Gasteiger partial charge in [0.05, 0.1) is 17.6 Å². The zero-order valence-corrected chi connectivity index (χ0v) is 17.4. The summed E-state index contributed by atoms with van der Waals surface area (Å²) in [6, 6.07) is 3.51. The molecule has 2 aliphatic carbocycles. The highest BCUT2D eigenvalue weighted by Gasteiger charge is 2.71. The zero-order chi connectivity index (χ0) is 23.0. The fourth-order valence-corrected chi connectivity index (χ4v) is 6.07. The van der Waals surface area contributed by atoms with E-state index in [9.17, 15) is 30.0 Å². The maximum Gasteiger partial charge on any atom is 0.343 e. The van der Waals surface area contributed by atoms with Gasteiger partial charge in [-0.05, 0) is 38.1 Å². The predicted octanol–water partition coefficient (Wildman–Crippen LogP) is -1.19. The van der Waals surface area contributed by atoms with Crippen LogP contribution in [0.3, 0.4) is 0 Å². The number of esters is 1. The summed E-state index contributed by atoms with van der Waals surface area (Å²) >= 11 is 0. The number of aliphatic hydroxyl groups excluding tert-OH is 3. The lowest BCUT2D eigenvalue weighted by atomic mass is 9.50. The molecule has 2 heterocycles. The van der Waals surface area contributed by atoms with Crippen molar-refractivity contribution in [2.45, 2.75) is 61.2 Å². The molecule has 1 saturated heterocycles. The zero-order valence-electron chi connectivity index (χ0n) is 17.4. The molecule has 0 aromatic heterocycles. The third-order valence-corrected chi connectivity index (χ3v) is 7.64. The SMILES string of the molecule is CN1CCC23c4c5ccc(CO)c4OC2C(OC(=O)[C@H](O)[C@@H](O)C(=O)O)=CC[C@@]3(O)[C@H]1C5. The van der Waals surface area contributed by atoms with Gasteiger partial charge in [0.2, 0.25) is 0 Å². The number of likely N-dealkylation sites (tertiary alicyclic amines) is 1. The second-order valence-electron chi connectivity index (χ2n) is 9.05. The number of carbonyl (C=O) groups is 2. The molecule has 1 aromatic rings. The van der Waals surface area contributed by atoms with E-state index in [1.54, 1.807) is 6.07 Å². The van der Waals surface area contributed by atoms with Crippen molar-refractivity contribution in [1.82, 2.24) is 4.90 Å². The molecule has 2 bridgehead atoms. The molecule has 0 radical (unpaired) electrons. The number of carboxylic acid groups (broad SMARTS) is 1. The monoisotopic (exact) mass is 447 g/mol. The molecule has 2 aliphatic heterocycles. The van der Waals surface area contributed by atoms with Crippen LogP contribution in [-0.4, -0.2) is 85.9 Å². The van der Waals surface area contributed by atoms with E-state index in [4.69, 9.17) is 14.6 Å². The standard InChI is InChI=1S/C22H25NO9/c1-23-7-6-21-14-10-2-3-11(9-24)17(14)32-18(21)12(4-5-22(21,30)13(23)8-10)31-20(29)16(26)15(25)19(27)28/h2-4,13,15-16,18,24-26,30H,5-9H2,1H3,(H,27,28)/t13-,15-,16-,18?,21?,22-/m1/s1. The topological polar surface area (TPSA) is 157 Å². The lowest BCUT2D eigenvalue weighted by Gasteiger charge is -2.61. The first-order valence-corrected chi connectivity index (χ1v) is 10.5. The van der Waals surface area contributed by atoms with Gasteiger partial charge in [-0.1, -0.05) is 12.1 Å². The number of hydrogen-bond donors (Lipinski definition) is 5. The van der Waals surface area contributed by atoms with Crippen molar-refractivity contribution in [2.75, 3.05) is 13.6 Å². The van der Waals surface area contributed by atoms with Crippen LogP contribution in [0, 0.1) is 0 Å². The number of carbonyl (C=O) groups excluding carboxylic acids is 1. The minimum absolute atomic E-state index is 0.0487. The Kier molecular flexibility index (Phi) is 4.67. The Balaban J connectivity index is 1.60. The van der Waals surface area contributed by atoms with Gasteiger partial charge in [-0.3, -0.25) is 0 Å². The third kappa shape index (κ3) is 2.52. The molecule has 0 saturated carbocycles. The normalized spacial score (nSPS) is 34.1. The first-order chi connectivity index (χ1) is 15.2. The molecule has 10 nitrogen and oxygen atoms in total. The summed E-state index contributed by atoms with van der Waals surface area (Å²) in [5.74, 6) is -2.57. The van der Waals surface area contributed by atoms with Gasteiger partial charge in [-0.15, -0.1) is 0 Å². The molecule has 6 atom stereocenters. The van der Waals surface area contributed by atoms with E-state index < -0.39 is 41.3 Å². The van der Waals surface area contributed by atoms with Gasteiger partial charge >= 0.3 is 11.9 Å². The fraction of sp³-hybridized carbons (Fsp3) is 0.545. The smallest absolute Gasteiger partial charge is 0.343 e. The summed E-state index contributed by atoms with van der Waals surface area (Å²) in [5, 5.41) is 50.2. The summed E-state index contributed by atoms with van der Waals surface area (Å²) < 4.78 is 11.6. The van der Waals surface area contributed by atoms with Crippen LogP contribution in [0.2, 0.25) is 0 Å². The first-order valence-electron chi connectivity index (χ1n) is 10.5. The van der Waals surface area contributed by atoms with E-state index in [-0.39, 0.29) is 24.8 Å². The van der Waals surface area contributed by atoms with Crippen molar-refractivity contribution in [1.29, 1.82) is 0 Å². The number of piperidine rings is 1. The minimum atomic E-state index is -2.33. The average Bonchev–Trinajstić information content (AvgIpc) is 3.12. The summed E-state index contributed by atoms with van der Waals surface area (Å²) in [4.78, 5) is 25.4. The van der Waals surface area contributed by atoms with Crippen molar-refractivity contribution in [2.24, 2.45) is 0 Å². The van der Waals surface area contributed by atoms with Crippen LogP contribution in [0.25, 0.3) is 0 Å². The van der Waals surface area contributed by atoms with E-state index >= 15 is 0 Å². The van der Waals surface area contributed by atoms with Gasteiger partial charge in [-0.2, -0.15) is 0 Å². The van der Waals surface area contributed by atoms with Crippen molar-refractivity contribution in [3.05, 3.63) is 40.7 Å². The van der Waals surface area contributed by atoms with Crippen LogP contribution in [0.15, 0.2) is 24.0 Å². The Labute approximate surface area is 183 Å². The Hall–Kier alpha value is -2.50. The number of aliphatic hydroxyl groups is 4. The number of hydrogen-bond acceptors (Lipinski definition) is 9. The number of carboxylic acids is 1. The Morgan fingerprint density at radius 3 is 2.75 bits per heavy atom. The van der Waals surface area contributed by atoms with Gasteiger partial charge < -0.3 is 39.9 Å². The van der Waals surface area contributed by atoms with Crippen LogP contribution in [0.5, 0.6) is 5.75 Å². The summed E-state index contributed by atoms with van der Waals surface area (Å²) in [6.07, 6.45) is -2.73. The van der Waals surface area contributed by atoms with Crippen LogP contribution in [0.1, 0.15) is 29.5 Å².